The number of hydrogen-bond donors (Lipinski definition) is 0. The second-order valence-electron chi connectivity index (χ2n) is 3.66. The standard InChI is InChI=1S/C14H14ClNOS/c1-2-17-14-13(8-12(15)9-16-14)18-10-11-6-4-3-5-7-11/h3-9H,2,10H2,1H3. The molecule has 0 spiro atoms. The van der Waals surface area contributed by atoms with Gasteiger partial charge in [-0.05, 0) is 18.6 Å². The number of aromatic nitrogens is 1. The van der Waals surface area contributed by atoms with E-state index in [0.717, 1.165) is 10.6 Å². The number of pyridine rings is 1. The van der Waals surface area contributed by atoms with Crippen LogP contribution < -0.4 is 4.74 Å². The van der Waals surface area contributed by atoms with Crippen molar-refractivity contribution in [2.75, 3.05) is 6.61 Å². The van der Waals surface area contributed by atoms with E-state index < -0.39 is 0 Å². The lowest BCUT2D eigenvalue weighted by Crippen LogP contribution is -1.96. The molecule has 1 aromatic heterocycles. The van der Waals surface area contributed by atoms with Crippen molar-refractivity contribution in [3.05, 3.63) is 53.2 Å². The van der Waals surface area contributed by atoms with Gasteiger partial charge in [0.1, 0.15) is 0 Å². The molecule has 0 radical (unpaired) electrons. The minimum absolute atomic E-state index is 0.605. The van der Waals surface area contributed by atoms with Gasteiger partial charge in [-0.15, -0.1) is 11.8 Å². The third-order valence-corrected chi connectivity index (χ3v) is 3.59. The molecule has 1 heterocycles. The van der Waals surface area contributed by atoms with Crippen LogP contribution in [-0.2, 0) is 5.75 Å². The normalized spacial score (nSPS) is 10.3. The zero-order valence-electron chi connectivity index (χ0n) is 10.1. The molecule has 2 nitrogen and oxygen atoms in total. The van der Waals surface area contributed by atoms with E-state index >= 15 is 0 Å². The number of nitrogens with zero attached hydrogens (tertiary/aromatic N) is 1. The largest absolute Gasteiger partial charge is 0.477 e. The number of benzene rings is 1. The van der Waals surface area contributed by atoms with E-state index in [4.69, 9.17) is 16.3 Å². The lowest BCUT2D eigenvalue weighted by atomic mass is 10.2. The highest BCUT2D eigenvalue weighted by Gasteiger charge is 2.07. The van der Waals surface area contributed by atoms with E-state index in [-0.39, 0.29) is 0 Å². The van der Waals surface area contributed by atoms with Gasteiger partial charge in [0.05, 0.1) is 16.5 Å². The fourth-order valence-corrected chi connectivity index (χ4v) is 2.67. The summed E-state index contributed by atoms with van der Waals surface area (Å²) in [4.78, 5) is 5.19. The lowest BCUT2D eigenvalue weighted by Gasteiger charge is -2.08. The number of rotatable bonds is 5. The van der Waals surface area contributed by atoms with E-state index in [1.54, 1.807) is 18.0 Å². The summed E-state index contributed by atoms with van der Waals surface area (Å²) in [5.74, 6) is 1.53. The fraction of sp³-hybridized carbons (Fsp3) is 0.214. The van der Waals surface area contributed by atoms with Gasteiger partial charge in [0, 0.05) is 11.9 Å². The van der Waals surface area contributed by atoms with Gasteiger partial charge < -0.3 is 4.74 Å². The molecular weight excluding hydrogens is 266 g/mol. The Hall–Kier alpha value is -1.19. The van der Waals surface area contributed by atoms with Crippen LogP contribution in [0.1, 0.15) is 12.5 Å². The Morgan fingerprint density at radius 3 is 2.78 bits per heavy atom. The van der Waals surface area contributed by atoms with Crippen molar-refractivity contribution >= 4 is 23.4 Å². The first-order valence-electron chi connectivity index (χ1n) is 5.74. The summed E-state index contributed by atoms with van der Waals surface area (Å²) < 4.78 is 5.49. The summed E-state index contributed by atoms with van der Waals surface area (Å²) in [6.07, 6.45) is 1.61. The van der Waals surface area contributed by atoms with Crippen molar-refractivity contribution in [2.24, 2.45) is 0 Å². The molecule has 0 saturated heterocycles. The lowest BCUT2D eigenvalue weighted by molar-refractivity contribution is 0.318. The Morgan fingerprint density at radius 2 is 2.06 bits per heavy atom. The van der Waals surface area contributed by atoms with Crippen LogP contribution in [0, 0.1) is 0 Å². The van der Waals surface area contributed by atoms with Gasteiger partial charge in [0.25, 0.3) is 0 Å². The predicted octanol–water partition coefficient (Wildman–Crippen LogP) is 4.43. The molecule has 4 heteroatoms. The molecule has 18 heavy (non-hydrogen) atoms. The highest BCUT2D eigenvalue weighted by Crippen LogP contribution is 2.32. The minimum Gasteiger partial charge on any atom is -0.477 e. The Kier molecular flexibility index (Phi) is 4.90. The zero-order valence-corrected chi connectivity index (χ0v) is 11.7. The maximum atomic E-state index is 5.97. The Bertz CT molecular complexity index is 504. The van der Waals surface area contributed by atoms with Gasteiger partial charge in [-0.3, -0.25) is 0 Å². The molecule has 0 saturated carbocycles. The topological polar surface area (TPSA) is 22.1 Å². The first kappa shape index (κ1) is 13.2. The number of hydrogen-bond acceptors (Lipinski definition) is 3. The van der Waals surface area contributed by atoms with Gasteiger partial charge >= 0.3 is 0 Å². The highest BCUT2D eigenvalue weighted by molar-refractivity contribution is 7.98. The van der Waals surface area contributed by atoms with Gasteiger partial charge in [0.2, 0.25) is 5.88 Å². The Morgan fingerprint density at radius 1 is 1.28 bits per heavy atom. The molecule has 0 aliphatic rings. The summed E-state index contributed by atoms with van der Waals surface area (Å²) in [6, 6.07) is 12.2. The van der Waals surface area contributed by atoms with E-state index in [1.807, 2.05) is 31.2 Å². The quantitative estimate of drug-likeness (QED) is 0.756. The smallest absolute Gasteiger partial charge is 0.227 e. The Labute approximate surface area is 116 Å². The van der Waals surface area contributed by atoms with Crippen LogP contribution in [0.3, 0.4) is 0 Å². The molecule has 0 unspecified atom stereocenters. The van der Waals surface area contributed by atoms with Crippen LogP contribution in [0.4, 0.5) is 0 Å². The van der Waals surface area contributed by atoms with Crippen molar-refractivity contribution in [1.29, 1.82) is 0 Å². The second-order valence-corrected chi connectivity index (χ2v) is 5.12. The summed E-state index contributed by atoms with van der Waals surface area (Å²) in [5, 5.41) is 0.633. The molecule has 2 rings (SSSR count). The average molecular weight is 280 g/mol. The van der Waals surface area contributed by atoms with E-state index in [2.05, 4.69) is 17.1 Å². The minimum atomic E-state index is 0.605. The van der Waals surface area contributed by atoms with E-state index in [1.165, 1.54) is 5.56 Å². The fourth-order valence-electron chi connectivity index (χ4n) is 1.49. The summed E-state index contributed by atoms with van der Waals surface area (Å²) >= 11 is 7.65. The molecule has 0 atom stereocenters. The SMILES string of the molecule is CCOc1ncc(Cl)cc1SCc1ccccc1. The number of thioether (sulfide) groups is 1. The molecule has 0 aliphatic carbocycles. The summed E-state index contributed by atoms with van der Waals surface area (Å²) in [6.45, 7) is 2.55. The molecule has 0 amide bonds. The zero-order chi connectivity index (χ0) is 12.8. The van der Waals surface area contributed by atoms with Crippen LogP contribution in [0.5, 0.6) is 5.88 Å². The molecule has 2 aromatic rings. The van der Waals surface area contributed by atoms with Crippen molar-refractivity contribution in [3.8, 4) is 5.88 Å². The molecule has 0 N–H and O–H groups in total. The van der Waals surface area contributed by atoms with Crippen LogP contribution >= 0.6 is 23.4 Å². The van der Waals surface area contributed by atoms with Gasteiger partial charge in [-0.25, -0.2) is 4.98 Å². The van der Waals surface area contributed by atoms with Gasteiger partial charge in [0.15, 0.2) is 0 Å². The van der Waals surface area contributed by atoms with Crippen molar-refractivity contribution in [2.45, 2.75) is 17.6 Å². The maximum absolute atomic E-state index is 5.97. The average Bonchev–Trinajstić information content (AvgIpc) is 2.40. The molecule has 0 bridgehead atoms. The molecular formula is C14H14ClNOS. The van der Waals surface area contributed by atoms with E-state index in [9.17, 15) is 0 Å². The molecule has 0 fully saturated rings. The first-order valence-corrected chi connectivity index (χ1v) is 7.11. The highest BCUT2D eigenvalue weighted by atomic mass is 35.5. The van der Waals surface area contributed by atoms with E-state index in [0.29, 0.717) is 17.5 Å². The maximum Gasteiger partial charge on any atom is 0.227 e. The number of ether oxygens (including phenoxy) is 1. The predicted molar refractivity (Wildman–Crippen MR) is 76.4 cm³/mol. The van der Waals surface area contributed by atoms with Gasteiger partial charge in [-0.2, -0.15) is 0 Å². The van der Waals surface area contributed by atoms with Crippen LogP contribution in [0.25, 0.3) is 0 Å². The van der Waals surface area contributed by atoms with Crippen molar-refractivity contribution < 1.29 is 4.74 Å². The van der Waals surface area contributed by atoms with Crippen LogP contribution in [0.2, 0.25) is 5.02 Å². The van der Waals surface area contributed by atoms with Crippen molar-refractivity contribution in [3.63, 3.8) is 0 Å². The van der Waals surface area contributed by atoms with Crippen LogP contribution in [0.15, 0.2) is 47.5 Å². The molecule has 1 aromatic carbocycles. The van der Waals surface area contributed by atoms with Crippen LogP contribution in [-0.4, -0.2) is 11.6 Å². The summed E-state index contributed by atoms with van der Waals surface area (Å²) in [5.41, 5.74) is 1.27. The first-order chi connectivity index (χ1) is 8.79. The molecule has 0 aliphatic heterocycles. The molecule has 94 valence electrons. The third-order valence-electron chi connectivity index (χ3n) is 2.30. The number of halogens is 1. The third kappa shape index (κ3) is 3.65. The van der Waals surface area contributed by atoms with Gasteiger partial charge in [-0.1, -0.05) is 41.9 Å². The second kappa shape index (κ2) is 6.66. The Balaban J connectivity index is 2.10. The van der Waals surface area contributed by atoms with Crippen molar-refractivity contribution in [1.82, 2.24) is 4.98 Å². The summed E-state index contributed by atoms with van der Waals surface area (Å²) in [7, 11) is 0. The monoisotopic (exact) mass is 279 g/mol.